The Labute approximate surface area is 94.1 Å². The Bertz CT molecular complexity index is 479. The standard InChI is InChI=1S/C13H13NO2/c15-12-7-13(16)14(8-12)11-5-4-9-2-1-3-10(9)6-11/h4-6H,1-3,7-8H2. The van der Waals surface area contributed by atoms with Crippen LogP contribution in [-0.4, -0.2) is 18.2 Å². The molecule has 3 heteroatoms. The summed E-state index contributed by atoms with van der Waals surface area (Å²) >= 11 is 0. The molecule has 0 radical (unpaired) electrons. The van der Waals surface area contributed by atoms with E-state index in [0.29, 0.717) is 0 Å². The van der Waals surface area contributed by atoms with Gasteiger partial charge < -0.3 is 4.90 Å². The van der Waals surface area contributed by atoms with Gasteiger partial charge in [0.1, 0.15) is 0 Å². The van der Waals surface area contributed by atoms with Gasteiger partial charge in [0.15, 0.2) is 5.78 Å². The summed E-state index contributed by atoms with van der Waals surface area (Å²) in [7, 11) is 0. The van der Waals surface area contributed by atoms with Crippen LogP contribution in [0.4, 0.5) is 5.69 Å². The average molecular weight is 215 g/mol. The van der Waals surface area contributed by atoms with Crippen molar-refractivity contribution in [1.82, 2.24) is 0 Å². The molecule has 1 heterocycles. The Kier molecular flexibility index (Phi) is 2.06. The zero-order valence-electron chi connectivity index (χ0n) is 9.03. The highest BCUT2D eigenvalue weighted by atomic mass is 16.2. The van der Waals surface area contributed by atoms with Crippen molar-refractivity contribution in [3.8, 4) is 0 Å². The molecule has 0 saturated carbocycles. The molecule has 0 atom stereocenters. The van der Waals surface area contributed by atoms with Crippen LogP contribution < -0.4 is 4.90 Å². The Hall–Kier alpha value is -1.64. The topological polar surface area (TPSA) is 37.4 Å². The highest BCUT2D eigenvalue weighted by Crippen LogP contribution is 2.28. The molecule has 1 amide bonds. The molecule has 16 heavy (non-hydrogen) atoms. The van der Waals surface area contributed by atoms with Gasteiger partial charge in [-0.2, -0.15) is 0 Å². The Balaban J connectivity index is 1.95. The summed E-state index contributed by atoms with van der Waals surface area (Å²) in [6.45, 7) is 0.248. The SMILES string of the molecule is O=C1CC(=O)N(c2ccc3c(c2)CCC3)C1. The van der Waals surface area contributed by atoms with E-state index in [-0.39, 0.29) is 24.7 Å². The van der Waals surface area contributed by atoms with Gasteiger partial charge in [0.2, 0.25) is 5.91 Å². The molecule has 82 valence electrons. The quantitative estimate of drug-likeness (QED) is 0.665. The normalized spacial score (nSPS) is 19.4. The number of benzene rings is 1. The number of fused-ring (bicyclic) bond motifs is 1. The number of hydrogen-bond donors (Lipinski definition) is 0. The molecular formula is C13H13NO2. The van der Waals surface area contributed by atoms with E-state index in [0.717, 1.165) is 18.5 Å². The number of amides is 1. The van der Waals surface area contributed by atoms with Gasteiger partial charge in [-0.15, -0.1) is 0 Å². The van der Waals surface area contributed by atoms with Crippen LogP contribution in [0.3, 0.4) is 0 Å². The lowest BCUT2D eigenvalue weighted by molar-refractivity contribution is -0.121. The summed E-state index contributed by atoms with van der Waals surface area (Å²) < 4.78 is 0. The third-order valence-corrected chi connectivity index (χ3v) is 3.38. The van der Waals surface area contributed by atoms with Crippen molar-refractivity contribution in [3.05, 3.63) is 29.3 Å². The van der Waals surface area contributed by atoms with E-state index in [9.17, 15) is 9.59 Å². The van der Waals surface area contributed by atoms with Crippen LogP contribution in [-0.2, 0) is 22.4 Å². The molecule has 2 aliphatic rings. The summed E-state index contributed by atoms with van der Waals surface area (Å²) in [5.74, 6) is -0.0477. The van der Waals surface area contributed by atoms with Gasteiger partial charge in [-0.1, -0.05) is 6.07 Å². The number of hydrogen-bond acceptors (Lipinski definition) is 2. The number of nitrogens with zero attached hydrogens (tertiary/aromatic N) is 1. The van der Waals surface area contributed by atoms with Crippen LogP contribution >= 0.6 is 0 Å². The first kappa shape index (κ1) is 9.58. The predicted molar refractivity (Wildman–Crippen MR) is 60.4 cm³/mol. The monoisotopic (exact) mass is 215 g/mol. The fraction of sp³-hybridized carbons (Fsp3) is 0.385. The predicted octanol–water partition coefficient (Wildman–Crippen LogP) is 1.48. The fourth-order valence-corrected chi connectivity index (χ4v) is 2.55. The molecule has 1 saturated heterocycles. The summed E-state index contributed by atoms with van der Waals surface area (Å²) in [6, 6.07) is 6.12. The zero-order valence-corrected chi connectivity index (χ0v) is 9.03. The van der Waals surface area contributed by atoms with E-state index in [2.05, 4.69) is 12.1 Å². The van der Waals surface area contributed by atoms with Crippen LogP contribution in [0.5, 0.6) is 0 Å². The third-order valence-electron chi connectivity index (χ3n) is 3.38. The maximum atomic E-state index is 11.6. The molecular weight excluding hydrogens is 202 g/mol. The Morgan fingerprint density at radius 2 is 1.88 bits per heavy atom. The lowest BCUT2D eigenvalue weighted by Crippen LogP contribution is -2.24. The van der Waals surface area contributed by atoms with Crippen LogP contribution in [0.25, 0.3) is 0 Å². The molecule has 3 nitrogen and oxygen atoms in total. The number of carbonyl (C=O) groups is 2. The van der Waals surface area contributed by atoms with Crippen molar-refractivity contribution in [2.24, 2.45) is 0 Å². The van der Waals surface area contributed by atoms with E-state index in [4.69, 9.17) is 0 Å². The van der Waals surface area contributed by atoms with Crippen molar-refractivity contribution in [2.45, 2.75) is 25.7 Å². The summed E-state index contributed by atoms with van der Waals surface area (Å²) in [5, 5.41) is 0. The van der Waals surface area contributed by atoms with Crippen LogP contribution in [0.2, 0.25) is 0 Å². The van der Waals surface area contributed by atoms with Crippen molar-refractivity contribution < 1.29 is 9.59 Å². The highest BCUT2D eigenvalue weighted by Gasteiger charge is 2.29. The van der Waals surface area contributed by atoms with Crippen molar-refractivity contribution in [1.29, 1.82) is 0 Å². The van der Waals surface area contributed by atoms with Crippen LogP contribution in [0.1, 0.15) is 24.0 Å². The van der Waals surface area contributed by atoms with Gasteiger partial charge >= 0.3 is 0 Å². The fourth-order valence-electron chi connectivity index (χ4n) is 2.55. The molecule has 3 rings (SSSR count). The van der Waals surface area contributed by atoms with Gasteiger partial charge in [0.05, 0.1) is 13.0 Å². The average Bonchev–Trinajstić information content (AvgIpc) is 2.83. The number of aryl methyl sites for hydroxylation is 2. The molecule has 1 aliphatic carbocycles. The second kappa shape index (κ2) is 3.44. The minimum atomic E-state index is -0.0667. The first-order valence-corrected chi connectivity index (χ1v) is 5.68. The summed E-state index contributed by atoms with van der Waals surface area (Å²) in [5.41, 5.74) is 3.61. The third kappa shape index (κ3) is 1.43. The van der Waals surface area contributed by atoms with Gasteiger partial charge in [0.25, 0.3) is 0 Å². The Morgan fingerprint density at radius 3 is 2.62 bits per heavy atom. The van der Waals surface area contributed by atoms with E-state index in [1.165, 1.54) is 17.5 Å². The first-order valence-electron chi connectivity index (χ1n) is 5.68. The maximum Gasteiger partial charge on any atom is 0.234 e. The largest absolute Gasteiger partial charge is 0.305 e. The molecule has 0 unspecified atom stereocenters. The zero-order chi connectivity index (χ0) is 11.1. The number of anilines is 1. The molecule has 0 N–H and O–H groups in total. The minimum Gasteiger partial charge on any atom is -0.305 e. The second-order valence-corrected chi connectivity index (χ2v) is 4.50. The van der Waals surface area contributed by atoms with Gasteiger partial charge in [-0.05, 0) is 42.5 Å². The number of Topliss-reactive ketones (excluding diaryl/α,β-unsaturated/α-hetero) is 1. The van der Waals surface area contributed by atoms with E-state index < -0.39 is 0 Å². The smallest absolute Gasteiger partial charge is 0.234 e. The number of ketones is 1. The van der Waals surface area contributed by atoms with Crippen molar-refractivity contribution >= 4 is 17.4 Å². The van der Waals surface area contributed by atoms with Gasteiger partial charge in [0, 0.05) is 5.69 Å². The molecule has 0 spiro atoms. The van der Waals surface area contributed by atoms with E-state index in [1.54, 1.807) is 4.90 Å². The van der Waals surface area contributed by atoms with Gasteiger partial charge in [-0.25, -0.2) is 0 Å². The summed E-state index contributed by atoms with van der Waals surface area (Å²) in [6.07, 6.45) is 3.50. The number of carbonyl (C=O) groups excluding carboxylic acids is 2. The van der Waals surface area contributed by atoms with E-state index in [1.807, 2.05) is 6.07 Å². The van der Waals surface area contributed by atoms with Crippen LogP contribution in [0.15, 0.2) is 18.2 Å². The van der Waals surface area contributed by atoms with E-state index >= 15 is 0 Å². The second-order valence-electron chi connectivity index (χ2n) is 4.50. The Morgan fingerprint density at radius 1 is 1.06 bits per heavy atom. The number of rotatable bonds is 1. The van der Waals surface area contributed by atoms with Gasteiger partial charge in [-0.3, -0.25) is 9.59 Å². The highest BCUT2D eigenvalue weighted by molar-refractivity contribution is 6.15. The molecule has 1 aromatic rings. The molecule has 0 aromatic heterocycles. The maximum absolute atomic E-state index is 11.6. The minimum absolute atomic E-state index is 0.0190. The molecule has 1 aromatic carbocycles. The molecule has 0 bridgehead atoms. The van der Waals surface area contributed by atoms with Crippen LogP contribution in [0, 0.1) is 0 Å². The summed E-state index contributed by atoms with van der Waals surface area (Å²) in [4.78, 5) is 24.4. The lowest BCUT2D eigenvalue weighted by atomic mass is 10.1. The van der Waals surface area contributed by atoms with Crippen molar-refractivity contribution in [3.63, 3.8) is 0 Å². The lowest BCUT2D eigenvalue weighted by Gasteiger charge is -2.15. The molecule has 1 fully saturated rings. The van der Waals surface area contributed by atoms with Crippen molar-refractivity contribution in [2.75, 3.05) is 11.4 Å². The first-order chi connectivity index (χ1) is 7.74. The molecule has 1 aliphatic heterocycles.